The van der Waals surface area contributed by atoms with Crippen LogP contribution in [0.4, 0.5) is 4.79 Å². The number of hydrogen-bond donors (Lipinski definition) is 3. The van der Waals surface area contributed by atoms with Crippen molar-refractivity contribution in [2.24, 2.45) is 11.8 Å². The molecule has 38 heavy (non-hydrogen) atoms. The SMILES string of the molecule is CC(C)C(NC(=O)Oc1ccc2c3c1O[C@H]1[C@@H](O)C=CC4C(C2)N(C)CC[C@@]341)C(=O)NN1CCCCCC1. The monoisotopic (exact) mass is 524 g/mol. The number of nitrogens with zero attached hydrogens (tertiary/aromatic N) is 2. The van der Waals surface area contributed by atoms with E-state index in [4.69, 9.17) is 9.47 Å². The first kappa shape index (κ1) is 25.6. The number of piperidine rings is 1. The fourth-order valence-electron chi connectivity index (χ4n) is 7.51. The molecule has 9 nitrogen and oxygen atoms in total. The molecule has 5 aliphatic rings. The second-order valence-corrected chi connectivity index (χ2v) is 12.0. The molecule has 2 saturated heterocycles. The number of likely N-dealkylation sites (N-methyl/N-ethyl adjacent to an activating group) is 1. The van der Waals surface area contributed by atoms with Crippen LogP contribution in [-0.2, 0) is 16.6 Å². The van der Waals surface area contributed by atoms with Crippen molar-refractivity contribution in [1.29, 1.82) is 0 Å². The Balaban J connectivity index is 1.22. The number of aliphatic hydroxyl groups excluding tert-OH is 1. The van der Waals surface area contributed by atoms with Crippen LogP contribution in [0.1, 0.15) is 57.1 Å². The highest BCUT2D eigenvalue weighted by Gasteiger charge is 2.64. The smallest absolute Gasteiger partial charge is 0.413 e. The Hall–Kier alpha value is -2.62. The number of benzene rings is 1. The van der Waals surface area contributed by atoms with Crippen molar-refractivity contribution < 1.29 is 24.2 Å². The lowest BCUT2D eigenvalue weighted by Crippen LogP contribution is -2.64. The summed E-state index contributed by atoms with van der Waals surface area (Å²) in [5, 5.41) is 15.7. The number of amides is 2. The van der Waals surface area contributed by atoms with E-state index in [0.29, 0.717) is 17.5 Å². The number of hydrogen-bond acceptors (Lipinski definition) is 7. The predicted octanol–water partition coefficient (Wildman–Crippen LogP) is 2.51. The number of rotatable bonds is 5. The molecule has 9 heteroatoms. The largest absolute Gasteiger partial charge is 0.482 e. The Bertz CT molecular complexity index is 1130. The van der Waals surface area contributed by atoms with E-state index < -0.39 is 24.3 Å². The number of nitrogens with one attached hydrogen (secondary N) is 2. The summed E-state index contributed by atoms with van der Waals surface area (Å²) in [7, 11) is 2.17. The van der Waals surface area contributed by atoms with Crippen LogP contribution < -0.4 is 20.2 Å². The second kappa shape index (κ2) is 9.84. The van der Waals surface area contributed by atoms with E-state index in [1.54, 1.807) is 6.07 Å². The van der Waals surface area contributed by atoms with E-state index in [0.717, 1.165) is 50.9 Å². The third-order valence-corrected chi connectivity index (χ3v) is 9.43. The molecule has 1 spiro atoms. The summed E-state index contributed by atoms with van der Waals surface area (Å²) in [6, 6.07) is 3.44. The maximum atomic E-state index is 13.1. The molecule has 1 aromatic carbocycles. The van der Waals surface area contributed by atoms with Crippen LogP contribution in [0.25, 0.3) is 0 Å². The van der Waals surface area contributed by atoms with Gasteiger partial charge in [-0.2, -0.15) is 0 Å². The zero-order valence-electron chi connectivity index (χ0n) is 22.6. The Kier molecular flexibility index (Phi) is 6.64. The van der Waals surface area contributed by atoms with E-state index in [1.165, 1.54) is 18.4 Å². The van der Waals surface area contributed by atoms with Crippen molar-refractivity contribution in [1.82, 2.24) is 20.7 Å². The van der Waals surface area contributed by atoms with Gasteiger partial charge in [-0.1, -0.05) is 44.9 Å². The number of ether oxygens (including phenoxy) is 2. The molecule has 2 bridgehead atoms. The van der Waals surface area contributed by atoms with Crippen LogP contribution in [-0.4, -0.2) is 78.0 Å². The third kappa shape index (κ3) is 4.10. The molecule has 1 aromatic rings. The molecule has 3 heterocycles. The normalized spacial score (nSPS) is 32.7. The molecule has 0 saturated carbocycles. The minimum absolute atomic E-state index is 0.121. The number of hydrazine groups is 1. The van der Waals surface area contributed by atoms with E-state index in [2.05, 4.69) is 28.8 Å². The van der Waals surface area contributed by atoms with Gasteiger partial charge in [0.1, 0.15) is 18.2 Å². The molecule has 0 aromatic heterocycles. The summed E-state index contributed by atoms with van der Waals surface area (Å²) >= 11 is 0. The minimum Gasteiger partial charge on any atom is -0.482 e. The van der Waals surface area contributed by atoms with Gasteiger partial charge >= 0.3 is 6.09 Å². The third-order valence-electron chi connectivity index (χ3n) is 9.43. The van der Waals surface area contributed by atoms with Gasteiger partial charge in [0, 0.05) is 36.0 Å². The van der Waals surface area contributed by atoms with E-state index in [9.17, 15) is 14.7 Å². The van der Waals surface area contributed by atoms with Crippen molar-refractivity contribution in [3.8, 4) is 11.5 Å². The van der Waals surface area contributed by atoms with Crippen molar-refractivity contribution in [2.45, 2.75) is 82.1 Å². The van der Waals surface area contributed by atoms with Gasteiger partial charge in [-0.15, -0.1) is 0 Å². The Labute approximate surface area is 224 Å². The van der Waals surface area contributed by atoms with Crippen LogP contribution in [0, 0.1) is 11.8 Å². The van der Waals surface area contributed by atoms with Crippen molar-refractivity contribution >= 4 is 12.0 Å². The lowest BCUT2D eigenvalue weighted by atomic mass is 9.53. The van der Waals surface area contributed by atoms with Crippen molar-refractivity contribution in [2.75, 3.05) is 26.7 Å². The number of carbonyl (C=O) groups is 2. The molecular weight excluding hydrogens is 484 g/mol. The van der Waals surface area contributed by atoms with Gasteiger partial charge in [0.2, 0.25) is 0 Å². The molecular formula is C29H40N4O5. The highest BCUT2D eigenvalue weighted by molar-refractivity contribution is 5.86. The van der Waals surface area contributed by atoms with Gasteiger partial charge in [-0.3, -0.25) is 10.2 Å². The summed E-state index contributed by atoms with van der Waals surface area (Å²) in [5.74, 6) is 0.784. The van der Waals surface area contributed by atoms with Gasteiger partial charge in [-0.25, -0.2) is 9.80 Å². The number of aliphatic hydroxyl groups is 1. The van der Waals surface area contributed by atoms with Crippen LogP contribution >= 0.6 is 0 Å². The molecule has 6 atom stereocenters. The van der Waals surface area contributed by atoms with Crippen LogP contribution in [0.3, 0.4) is 0 Å². The van der Waals surface area contributed by atoms with E-state index in [1.807, 2.05) is 31.0 Å². The lowest BCUT2D eigenvalue weighted by molar-refractivity contribution is -0.128. The highest BCUT2D eigenvalue weighted by Crippen LogP contribution is 2.62. The molecule has 3 unspecified atom stereocenters. The van der Waals surface area contributed by atoms with Gasteiger partial charge in [-0.05, 0) is 56.8 Å². The molecule has 3 N–H and O–H groups in total. The minimum atomic E-state index is -0.732. The summed E-state index contributed by atoms with van der Waals surface area (Å²) in [5.41, 5.74) is 4.96. The first-order chi connectivity index (χ1) is 18.3. The molecule has 0 radical (unpaired) electrons. The summed E-state index contributed by atoms with van der Waals surface area (Å²) < 4.78 is 12.3. The van der Waals surface area contributed by atoms with Crippen LogP contribution in [0.5, 0.6) is 11.5 Å². The molecule has 2 amide bonds. The maximum absolute atomic E-state index is 13.1. The Morgan fingerprint density at radius 3 is 2.63 bits per heavy atom. The molecule has 2 fully saturated rings. The fourth-order valence-corrected chi connectivity index (χ4v) is 7.51. The van der Waals surface area contributed by atoms with Gasteiger partial charge in [0.25, 0.3) is 5.91 Å². The average molecular weight is 525 g/mol. The first-order valence-electron chi connectivity index (χ1n) is 14.2. The molecule has 6 rings (SSSR count). The average Bonchev–Trinajstić information content (AvgIpc) is 3.03. The van der Waals surface area contributed by atoms with Gasteiger partial charge in [0.15, 0.2) is 11.5 Å². The predicted molar refractivity (Wildman–Crippen MR) is 142 cm³/mol. The summed E-state index contributed by atoms with van der Waals surface area (Å²) in [6.07, 6.45) is 8.42. The van der Waals surface area contributed by atoms with Crippen molar-refractivity contribution in [3.05, 3.63) is 35.4 Å². The molecule has 206 valence electrons. The van der Waals surface area contributed by atoms with Crippen LogP contribution in [0.2, 0.25) is 0 Å². The van der Waals surface area contributed by atoms with Gasteiger partial charge < -0.3 is 24.8 Å². The zero-order valence-corrected chi connectivity index (χ0v) is 22.6. The zero-order chi connectivity index (χ0) is 26.6. The lowest BCUT2D eigenvalue weighted by Gasteiger charge is -2.56. The Morgan fingerprint density at radius 1 is 1.13 bits per heavy atom. The van der Waals surface area contributed by atoms with Gasteiger partial charge in [0.05, 0.1) is 0 Å². The fraction of sp³-hybridized carbons (Fsp3) is 0.655. The second-order valence-electron chi connectivity index (χ2n) is 12.0. The summed E-state index contributed by atoms with van der Waals surface area (Å²) in [6.45, 7) is 6.37. The number of likely N-dealkylation sites (tertiary alicyclic amines) is 1. The highest BCUT2D eigenvalue weighted by atomic mass is 16.6. The van der Waals surface area contributed by atoms with Crippen LogP contribution in [0.15, 0.2) is 24.3 Å². The molecule has 2 aliphatic carbocycles. The maximum Gasteiger partial charge on any atom is 0.413 e. The summed E-state index contributed by atoms with van der Waals surface area (Å²) in [4.78, 5) is 28.6. The Morgan fingerprint density at radius 2 is 1.89 bits per heavy atom. The van der Waals surface area contributed by atoms with Crippen molar-refractivity contribution in [3.63, 3.8) is 0 Å². The quantitative estimate of drug-likeness (QED) is 0.509. The van der Waals surface area contributed by atoms with E-state index in [-0.39, 0.29) is 23.2 Å². The molecule has 3 aliphatic heterocycles. The topological polar surface area (TPSA) is 103 Å². The van der Waals surface area contributed by atoms with E-state index >= 15 is 0 Å². The first-order valence-corrected chi connectivity index (χ1v) is 14.2. The number of carbonyl (C=O) groups excluding carboxylic acids is 2. The standard InChI is InChI=1S/C29H40N4O5/c1-17(2)24(27(35)31-33-13-6-4-5-7-14-33)30-28(36)37-22-11-8-18-16-20-19-9-10-21(34)26-29(19,12-15-32(20)3)23(18)25(22)38-26/h8-11,17,19-21,24,26,34H,4-7,12-16H2,1-3H3,(H,30,36)(H,31,35)/t19?,20?,21-,24?,26-,29-/m0/s1.